The second kappa shape index (κ2) is 9.61. The summed E-state index contributed by atoms with van der Waals surface area (Å²) in [5.74, 6) is 0.201. The predicted molar refractivity (Wildman–Crippen MR) is 117 cm³/mol. The Morgan fingerprint density at radius 2 is 1.45 bits per heavy atom. The highest BCUT2D eigenvalue weighted by Crippen LogP contribution is 2.23. The zero-order valence-corrected chi connectivity index (χ0v) is 18.2. The summed E-state index contributed by atoms with van der Waals surface area (Å²) in [5.41, 5.74) is 2.15. The number of anilines is 1. The van der Waals surface area contributed by atoms with Crippen molar-refractivity contribution in [1.82, 2.24) is 14.7 Å². The van der Waals surface area contributed by atoms with Gasteiger partial charge in [0.1, 0.15) is 0 Å². The van der Waals surface area contributed by atoms with Gasteiger partial charge in [-0.2, -0.15) is 0 Å². The quantitative estimate of drug-likeness (QED) is 0.844. The third-order valence-corrected chi connectivity index (χ3v) is 5.95. The molecule has 3 rings (SSSR count). The van der Waals surface area contributed by atoms with Gasteiger partial charge in [0.25, 0.3) is 0 Å². The smallest absolute Gasteiger partial charge is 0.321 e. The van der Waals surface area contributed by atoms with Crippen LogP contribution < -0.4 is 5.32 Å². The van der Waals surface area contributed by atoms with E-state index in [2.05, 4.69) is 43.1 Å². The SMILES string of the molecule is CC(C)(C)c1ccc(NC(=O)N2CCCN(C(=O)CN3CCCCC3)CC2)cc1. The molecule has 3 amide bonds. The lowest BCUT2D eigenvalue weighted by Gasteiger charge is -2.29. The van der Waals surface area contributed by atoms with E-state index in [1.165, 1.54) is 24.8 Å². The molecule has 2 fully saturated rings. The molecule has 0 aromatic heterocycles. The maximum absolute atomic E-state index is 12.7. The standard InChI is InChI=1S/C23H36N4O2/c1-23(2,3)19-8-10-20(11-9-19)24-22(29)27-15-7-14-26(16-17-27)21(28)18-25-12-5-4-6-13-25/h8-11H,4-7,12-18H2,1-3H3,(H,24,29). The largest absolute Gasteiger partial charge is 0.340 e. The van der Waals surface area contributed by atoms with Crippen molar-refractivity contribution in [3.63, 3.8) is 0 Å². The Bertz CT molecular complexity index is 690. The molecule has 1 N–H and O–H groups in total. The van der Waals surface area contributed by atoms with Gasteiger partial charge < -0.3 is 15.1 Å². The summed E-state index contributed by atoms with van der Waals surface area (Å²) in [7, 11) is 0. The first kappa shape index (κ1) is 21.6. The van der Waals surface area contributed by atoms with E-state index < -0.39 is 0 Å². The Morgan fingerprint density at radius 1 is 0.828 bits per heavy atom. The van der Waals surface area contributed by atoms with E-state index in [0.717, 1.165) is 31.7 Å². The molecule has 0 saturated carbocycles. The fourth-order valence-electron chi connectivity index (χ4n) is 4.03. The molecule has 2 saturated heterocycles. The molecule has 1 aromatic carbocycles. The number of amides is 3. The van der Waals surface area contributed by atoms with Crippen LogP contribution in [0.4, 0.5) is 10.5 Å². The molecule has 0 aliphatic carbocycles. The van der Waals surface area contributed by atoms with E-state index in [0.29, 0.717) is 26.2 Å². The second-order valence-corrected chi connectivity index (χ2v) is 9.32. The van der Waals surface area contributed by atoms with E-state index in [1.807, 2.05) is 21.9 Å². The highest BCUT2D eigenvalue weighted by atomic mass is 16.2. The number of likely N-dealkylation sites (tertiary alicyclic amines) is 1. The number of nitrogens with zero attached hydrogens (tertiary/aromatic N) is 3. The normalized spacial score (nSPS) is 19.0. The van der Waals surface area contributed by atoms with Crippen molar-refractivity contribution >= 4 is 17.6 Å². The van der Waals surface area contributed by atoms with Gasteiger partial charge in [-0.25, -0.2) is 4.79 Å². The summed E-state index contributed by atoms with van der Waals surface area (Å²) < 4.78 is 0. The molecule has 6 nitrogen and oxygen atoms in total. The summed E-state index contributed by atoms with van der Waals surface area (Å²) in [5, 5.41) is 3.00. The Balaban J connectivity index is 1.49. The number of carbonyl (C=O) groups excluding carboxylic acids is 2. The monoisotopic (exact) mass is 400 g/mol. The molecule has 0 spiro atoms. The van der Waals surface area contributed by atoms with Gasteiger partial charge in [0, 0.05) is 31.9 Å². The summed E-state index contributed by atoms with van der Waals surface area (Å²) in [6.45, 7) is 11.7. The molecule has 2 aliphatic heterocycles. The lowest BCUT2D eigenvalue weighted by molar-refractivity contribution is -0.132. The average molecular weight is 401 g/mol. The molecule has 2 heterocycles. The Labute approximate surface area is 175 Å². The molecule has 2 aliphatic rings. The van der Waals surface area contributed by atoms with Crippen LogP contribution in [0.25, 0.3) is 0 Å². The number of carbonyl (C=O) groups is 2. The highest BCUT2D eigenvalue weighted by molar-refractivity contribution is 5.89. The van der Waals surface area contributed by atoms with Crippen LogP contribution in [-0.2, 0) is 10.2 Å². The zero-order chi connectivity index (χ0) is 20.9. The zero-order valence-electron chi connectivity index (χ0n) is 18.2. The number of hydrogen-bond acceptors (Lipinski definition) is 3. The lowest BCUT2D eigenvalue weighted by atomic mass is 9.87. The van der Waals surface area contributed by atoms with Crippen molar-refractivity contribution < 1.29 is 9.59 Å². The maximum atomic E-state index is 12.7. The Hall–Kier alpha value is -2.08. The fraction of sp³-hybridized carbons (Fsp3) is 0.652. The van der Waals surface area contributed by atoms with Crippen molar-refractivity contribution in [3.05, 3.63) is 29.8 Å². The van der Waals surface area contributed by atoms with Crippen molar-refractivity contribution in [2.45, 2.75) is 51.9 Å². The highest BCUT2D eigenvalue weighted by Gasteiger charge is 2.24. The van der Waals surface area contributed by atoms with Crippen LogP contribution in [0, 0.1) is 0 Å². The number of benzene rings is 1. The minimum atomic E-state index is -0.0844. The minimum Gasteiger partial charge on any atom is -0.340 e. The number of hydrogen-bond donors (Lipinski definition) is 1. The molecular formula is C23H36N4O2. The molecule has 0 unspecified atom stereocenters. The second-order valence-electron chi connectivity index (χ2n) is 9.32. The number of urea groups is 1. The van der Waals surface area contributed by atoms with Crippen LogP contribution in [0.15, 0.2) is 24.3 Å². The van der Waals surface area contributed by atoms with Gasteiger partial charge in [-0.1, -0.05) is 39.3 Å². The van der Waals surface area contributed by atoms with Crippen molar-refractivity contribution in [2.24, 2.45) is 0 Å². The summed E-state index contributed by atoms with van der Waals surface area (Å²) in [4.78, 5) is 31.4. The van der Waals surface area contributed by atoms with Gasteiger partial charge in [0.2, 0.25) is 5.91 Å². The Morgan fingerprint density at radius 3 is 2.10 bits per heavy atom. The average Bonchev–Trinajstić information content (AvgIpc) is 2.95. The lowest BCUT2D eigenvalue weighted by Crippen LogP contribution is -2.44. The molecule has 1 aromatic rings. The van der Waals surface area contributed by atoms with Crippen LogP contribution in [0.5, 0.6) is 0 Å². The van der Waals surface area contributed by atoms with Gasteiger partial charge in [0.05, 0.1) is 6.54 Å². The van der Waals surface area contributed by atoms with Crippen molar-refractivity contribution in [2.75, 3.05) is 51.1 Å². The van der Waals surface area contributed by atoms with Gasteiger partial charge in [-0.05, 0) is 55.5 Å². The first-order valence-electron chi connectivity index (χ1n) is 11.0. The summed E-state index contributed by atoms with van der Waals surface area (Å²) in [6, 6.07) is 7.98. The van der Waals surface area contributed by atoms with E-state index in [4.69, 9.17) is 0 Å². The maximum Gasteiger partial charge on any atom is 0.321 e. The molecule has 160 valence electrons. The summed E-state index contributed by atoms with van der Waals surface area (Å²) >= 11 is 0. The van der Waals surface area contributed by atoms with E-state index in [-0.39, 0.29) is 17.4 Å². The van der Waals surface area contributed by atoms with Crippen LogP contribution in [0.2, 0.25) is 0 Å². The van der Waals surface area contributed by atoms with Crippen LogP contribution in [0.3, 0.4) is 0 Å². The molecule has 0 atom stereocenters. The van der Waals surface area contributed by atoms with E-state index in [9.17, 15) is 9.59 Å². The van der Waals surface area contributed by atoms with Gasteiger partial charge in [-0.15, -0.1) is 0 Å². The van der Waals surface area contributed by atoms with Crippen molar-refractivity contribution in [3.8, 4) is 0 Å². The number of nitrogens with one attached hydrogen (secondary N) is 1. The third-order valence-electron chi connectivity index (χ3n) is 5.95. The number of piperidine rings is 1. The third kappa shape index (κ3) is 6.20. The summed E-state index contributed by atoms with van der Waals surface area (Å²) in [6.07, 6.45) is 4.48. The Kier molecular flexibility index (Phi) is 7.17. The van der Waals surface area contributed by atoms with Gasteiger partial charge in [0.15, 0.2) is 0 Å². The van der Waals surface area contributed by atoms with E-state index in [1.54, 1.807) is 0 Å². The minimum absolute atomic E-state index is 0.0844. The number of rotatable bonds is 3. The van der Waals surface area contributed by atoms with Crippen molar-refractivity contribution in [1.29, 1.82) is 0 Å². The first-order valence-corrected chi connectivity index (χ1v) is 11.0. The van der Waals surface area contributed by atoms with Crippen LogP contribution in [-0.4, -0.2) is 72.5 Å². The first-order chi connectivity index (χ1) is 13.8. The van der Waals surface area contributed by atoms with Crippen LogP contribution >= 0.6 is 0 Å². The molecule has 6 heteroatoms. The predicted octanol–water partition coefficient (Wildman–Crippen LogP) is 3.54. The van der Waals surface area contributed by atoms with E-state index >= 15 is 0 Å². The van der Waals surface area contributed by atoms with Gasteiger partial charge >= 0.3 is 6.03 Å². The van der Waals surface area contributed by atoms with Gasteiger partial charge in [-0.3, -0.25) is 9.69 Å². The fourth-order valence-corrected chi connectivity index (χ4v) is 4.03. The molecular weight excluding hydrogens is 364 g/mol. The molecule has 0 radical (unpaired) electrons. The molecule has 29 heavy (non-hydrogen) atoms. The molecule has 0 bridgehead atoms. The van der Waals surface area contributed by atoms with Crippen LogP contribution in [0.1, 0.15) is 52.0 Å². The topological polar surface area (TPSA) is 55.9 Å².